The van der Waals surface area contributed by atoms with Crippen LogP contribution in [0.15, 0.2) is 12.7 Å². The van der Waals surface area contributed by atoms with E-state index in [2.05, 4.69) is 10.8 Å². The monoisotopic (exact) mass is 194 g/mol. The van der Waals surface area contributed by atoms with Crippen molar-refractivity contribution < 1.29 is 17.7 Å². The first-order chi connectivity index (χ1) is 5.37. The lowest BCUT2D eigenvalue weighted by Gasteiger charge is -2.09. The molecule has 0 aromatic heterocycles. The van der Waals surface area contributed by atoms with Gasteiger partial charge in [-0.2, -0.15) is 8.42 Å². The minimum absolute atomic E-state index is 0.384. The summed E-state index contributed by atoms with van der Waals surface area (Å²) in [4.78, 5) is 0. The van der Waals surface area contributed by atoms with E-state index >= 15 is 0 Å². The first kappa shape index (κ1) is 11.6. The highest BCUT2D eigenvalue weighted by molar-refractivity contribution is 7.86. The number of aliphatic hydroxyl groups excluding tert-OH is 1. The Morgan fingerprint density at radius 3 is 2.42 bits per heavy atom. The Labute approximate surface area is 73.0 Å². The van der Waals surface area contributed by atoms with Crippen molar-refractivity contribution >= 4 is 10.1 Å². The number of aliphatic hydroxyl groups is 1. The van der Waals surface area contributed by atoms with Crippen LogP contribution in [0.4, 0.5) is 0 Å². The van der Waals surface area contributed by atoms with Crippen molar-refractivity contribution in [3.05, 3.63) is 12.7 Å². The third kappa shape index (κ3) is 5.29. The molecule has 0 bridgehead atoms. The van der Waals surface area contributed by atoms with Crippen LogP contribution < -0.4 is 0 Å². The van der Waals surface area contributed by atoms with Crippen LogP contribution >= 0.6 is 0 Å². The van der Waals surface area contributed by atoms with Gasteiger partial charge in [0.05, 0.1) is 12.2 Å². The molecule has 0 aliphatic rings. The van der Waals surface area contributed by atoms with Crippen molar-refractivity contribution in [1.29, 1.82) is 0 Å². The van der Waals surface area contributed by atoms with Crippen molar-refractivity contribution in [2.75, 3.05) is 5.75 Å². The van der Waals surface area contributed by atoms with E-state index < -0.39 is 22.3 Å². The third-order valence-electron chi connectivity index (χ3n) is 1.08. The normalized spacial score (nSPS) is 16.9. The fourth-order valence-corrected chi connectivity index (χ4v) is 1.82. The fourth-order valence-electron chi connectivity index (χ4n) is 0.605. The molecule has 0 amide bonds. The molecule has 4 nitrogen and oxygen atoms in total. The predicted octanol–water partition coefficient (Wildman–Crippen LogP) is 0.288. The SMILES string of the molecule is C=CC(C)OS(=O)(=O)CC(C)O. The zero-order chi connectivity index (χ0) is 9.78. The predicted molar refractivity (Wildman–Crippen MR) is 46.2 cm³/mol. The fraction of sp³-hybridized carbons (Fsp3) is 0.714. The summed E-state index contributed by atoms with van der Waals surface area (Å²) in [5.74, 6) is -0.384. The van der Waals surface area contributed by atoms with Gasteiger partial charge in [-0.1, -0.05) is 6.08 Å². The Morgan fingerprint density at radius 1 is 1.58 bits per heavy atom. The molecule has 0 saturated carbocycles. The number of hydrogen-bond acceptors (Lipinski definition) is 4. The van der Waals surface area contributed by atoms with Crippen LogP contribution in [-0.2, 0) is 14.3 Å². The highest BCUT2D eigenvalue weighted by atomic mass is 32.2. The molecule has 0 aliphatic heterocycles. The van der Waals surface area contributed by atoms with Crippen molar-refractivity contribution in [3.63, 3.8) is 0 Å². The summed E-state index contributed by atoms with van der Waals surface area (Å²) in [7, 11) is -3.61. The molecule has 2 atom stereocenters. The van der Waals surface area contributed by atoms with Crippen LogP contribution in [0.25, 0.3) is 0 Å². The second-order valence-electron chi connectivity index (χ2n) is 2.61. The lowest BCUT2D eigenvalue weighted by atomic mass is 10.4. The zero-order valence-corrected chi connectivity index (χ0v) is 8.04. The summed E-state index contributed by atoms with van der Waals surface area (Å²) in [5.41, 5.74) is 0. The Balaban J connectivity index is 4.14. The summed E-state index contributed by atoms with van der Waals surface area (Å²) in [5, 5.41) is 8.79. The van der Waals surface area contributed by atoms with Gasteiger partial charge in [0.2, 0.25) is 0 Å². The largest absolute Gasteiger partial charge is 0.392 e. The van der Waals surface area contributed by atoms with Gasteiger partial charge in [-0.3, -0.25) is 4.18 Å². The van der Waals surface area contributed by atoms with Gasteiger partial charge in [0, 0.05) is 0 Å². The first-order valence-electron chi connectivity index (χ1n) is 3.59. The Morgan fingerprint density at radius 2 is 2.08 bits per heavy atom. The van der Waals surface area contributed by atoms with Crippen LogP contribution in [0.3, 0.4) is 0 Å². The summed E-state index contributed by atoms with van der Waals surface area (Å²) in [6.45, 7) is 6.32. The average Bonchev–Trinajstić information content (AvgIpc) is 1.83. The number of hydrogen-bond donors (Lipinski definition) is 1. The van der Waals surface area contributed by atoms with Crippen molar-refractivity contribution in [2.24, 2.45) is 0 Å². The molecule has 2 unspecified atom stereocenters. The maximum atomic E-state index is 11.0. The van der Waals surface area contributed by atoms with Gasteiger partial charge in [-0.05, 0) is 13.8 Å². The zero-order valence-electron chi connectivity index (χ0n) is 7.23. The highest BCUT2D eigenvalue weighted by Crippen LogP contribution is 2.02. The maximum Gasteiger partial charge on any atom is 0.270 e. The molecule has 0 saturated heterocycles. The number of rotatable bonds is 5. The quantitative estimate of drug-likeness (QED) is 0.504. The molecule has 0 spiro atoms. The van der Waals surface area contributed by atoms with Crippen LogP contribution in [0, 0.1) is 0 Å². The minimum Gasteiger partial charge on any atom is -0.392 e. The summed E-state index contributed by atoms with van der Waals surface area (Å²) in [6, 6.07) is 0. The van der Waals surface area contributed by atoms with Gasteiger partial charge >= 0.3 is 0 Å². The molecule has 0 fully saturated rings. The van der Waals surface area contributed by atoms with Gasteiger partial charge in [0.15, 0.2) is 0 Å². The molecular weight excluding hydrogens is 180 g/mol. The van der Waals surface area contributed by atoms with Gasteiger partial charge in [0.1, 0.15) is 5.75 Å². The Kier molecular flexibility index (Phi) is 4.44. The van der Waals surface area contributed by atoms with Crippen LogP contribution in [0.2, 0.25) is 0 Å². The van der Waals surface area contributed by atoms with Gasteiger partial charge in [-0.25, -0.2) is 0 Å². The third-order valence-corrected chi connectivity index (χ3v) is 2.56. The van der Waals surface area contributed by atoms with E-state index in [0.29, 0.717) is 0 Å². The second-order valence-corrected chi connectivity index (χ2v) is 4.25. The molecule has 0 heterocycles. The molecule has 0 radical (unpaired) electrons. The topological polar surface area (TPSA) is 63.6 Å². The maximum absolute atomic E-state index is 11.0. The first-order valence-corrected chi connectivity index (χ1v) is 5.16. The van der Waals surface area contributed by atoms with Crippen LogP contribution in [-0.4, -0.2) is 31.5 Å². The molecular formula is C7H14O4S. The Bertz CT molecular complexity index is 230. The van der Waals surface area contributed by atoms with E-state index in [4.69, 9.17) is 5.11 Å². The second kappa shape index (κ2) is 4.59. The van der Waals surface area contributed by atoms with E-state index in [-0.39, 0.29) is 5.75 Å². The summed E-state index contributed by atoms with van der Waals surface area (Å²) in [6.07, 6.45) is -0.0830. The van der Waals surface area contributed by atoms with E-state index in [9.17, 15) is 8.42 Å². The Hall–Kier alpha value is -0.390. The van der Waals surface area contributed by atoms with Gasteiger partial charge in [-0.15, -0.1) is 6.58 Å². The molecule has 0 aromatic carbocycles. The molecule has 12 heavy (non-hydrogen) atoms. The van der Waals surface area contributed by atoms with E-state index in [1.54, 1.807) is 6.92 Å². The molecule has 0 aromatic rings. The van der Waals surface area contributed by atoms with Gasteiger partial charge < -0.3 is 5.11 Å². The molecule has 72 valence electrons. The van der Waals surface area contributed by atoms with Gasteiger partial charge in [0.25, 0.3) is 10.1 Å². The lowest BCUT2D eigenvalue weighted by molar-refractivity contribution is 0.206. The molecule has 5 heteroatoms. The van der Waals surface area contributed by atoms with E-state index in [1.807, 2.05) is 0 Å². The molecule has 0 aliphatic carbocycles. The summed E-state index contributed by atoms with van der Waals surface area (Å²) < 4.78 is 26.6. The summed E-state index contributed by atoms with van der Waals surface area (Å²) >= 11 is 0. The van der Waals surface area contributed by atoms with Crippen LogP contribution in [0.5, 0.6) is 0 Å². The lowest BCUT2D eigenvalue weighted by Crippen LogP contribution is -2.22. The van der Waals surface area contributed by atoms with E-state index in [0.717, 1.165) is 0 Å². The smallest absolute Gasteiger partial charge is 0.270 e. The van der Waals surface area contributed by atoms with Crippen molar-refractivity contribution in [3.8, 4) is 0 Å². The van der Waals surface area contributed by atoms with Crippen LogP contribution in [0.1, 0.15) is 13.8 Å². The molecule has 0 rings (SSSR count). The van der Waals surface area contributed by atoms with Crippen molar-refractivity contribution in [1.82, 2.24) is 0 Å². The minimum atomic E-state index is -3.61. The average molecular weight is 194 g/mol. The highest BCUT2D eigenvalue weighted by Gasteiger charge is 2.16. The molecule has 1 N–H and O–H groups in total. The van der Waals surface area contributed by atoms with E-state index in [1.165, 1.54) is 13.0 Å². The standard InChI is InChI=1S/C7H14O4S/c1-4-7(3)11-12(9,10)5-6(2)8/h4,6-8H,1,5H2,2-3H3. The van der Waals surface area contributed by atoms with Crippen molar-refractivity contribution in [2.45, 2.75) is 26.1 Å².